The van der Waals surface area contributed by atoms with Gasteiger partial charge in [0.15, 0.2) is 14.1 Å². The maximum Gasteiger partial charge on any atom is 0.186 e. The Bertz CT molecular complexity index is 1210. The zero-order chi connectivity index (χ0) is 30.6. The molecule has 7 heteroatoms. The van der Waals surface area contributed by atoms with Crippen LogP contribution >= 0.6 is 0 Å². The van der Waals surface area contributed by atoms with Gasteiger partial charge in [-0.05, 0) is 85.5 Å². The molecule has 2 aromatic rings. The van der Waals surface area contributed by atoms with Gasteiger partial charge in [0.2, 0.25) is 0 Å². The van der Waals surface area contributed by atoms with Crippen LogP contribution in [-0.2, 0) is 36.4 Å². The van der Waals surface area contributed by atoms with Crippen molar-refractivity contribution in [3.63, 3.8) is 0 Å². The average molecular weight is 623 g/mol. The van der Waals surface area contributed by atoms with Gasteiger partial charge in [-0.15, -0.1) is 0 Å². The Labute approximate surface area is 266 Å². The Morgan fingerprint density at radius 3 is 2.55 bits per heavy atom. The maximum atomic E-state index is 6.82. The summed E-state index contributed by atoms with van der Waals surface area (Å²) in [6.45, 7) is 13.8. The van der Waals surface area contributed by atoms with Crippen molar-refractivity contribution in [2.24, 2.45) is 17.3 Å². The first-order chi connectivity index (χ1) is 21.3. The number of fused-ring (bicyclic) bond motifs is 6. The number of aryl methyl sites for hydroxylation is 1. The largest absolute Gasteiger partial charge is 0.489 e. The van der Waals surface area contributed by atoms with Crippen molar-refractivity contribution in [2.75, 3.05) is 39.6 Å². The Kier molecular flexibility index (Phi) is 10.2. The Morgan fingerprint density at radius 1 is 0.955 bits per heavy atom. The fourth-order valence-corrected chi connectivity index (χ4v) is 10.9. The third-order valence-corrected chi connectivity index (χ3v) is 13.7. The SMILES string of the molecule is CCCC[Si](C)(C)OCCOCCO[C@H]1C[C@@]2(C)[C@@H](CCC23OCCO3)[C@@H]2CCc3cc(OCc4ccccc4)ccc3[C@H]21. The smallest absolute Gasteiger partial charge is 0.186 e. The van der Waals surface area contributed by atoms with Gasteiger partial charge in [0.05, 0.1) is 45.7 Å². The summed E-state index contributed by atoms with van der Waals surface area (Å²) in [6, 6.07) is 18.4. The normalized spacial score (nSPS) is 28.9. The molecular weight excluding hydrogens is 568 g/mol. The highest BCUT2D eigenvalue weighted by molar-refractivity contribution is 6.71. The number of ether oxygens (including phenoxy) is 5. The summed E-state index contributed by atoms with van der Waals surface area (Å²) in [7, 11) is -1.58. The standard InChI is InChI=1S/C37H54O6Si/c1-5-6-24-44(3,4)43-23-19-38-18-20-39-34-26-36(2)33(16-17-37(36)41-21-22-42-37)32-14-12-29-25-30(13-15-31(29)35(32)34)40-27-28-10-8-7-9-11-28/h7-11,13,15,25,32-35H,5-6,12,14,16-24,26-27H2,1-4H3/t32-,33-,34-,35+,36-/m0/s1. The van der Waals surface area contributed by atoms with Crippen molar-refractivity contribution >= 4 is 8.32 Å². The maximum absolute atomic E-state index is 6.82. The molecule has 0 amide bonds. The summed E-state index contributed by atoms with van der Waals surface area (Å²) in [5.74, 6) is 1.99. The quantitative estimate of drug-likeness (QED) is 0.158. The van der Waals surface area contributed by atoms with Gasteiger partial charge in [0.1, 0.15) is 12.4 Å². The molecule has 0 aromatic heterocycles. The number of hydrogen-bond acceptors (Lipinski definition) is 6. The molecule has 5 atom stereocenters. The van der Waals surface area contributed by atoms with Crippen LogP contribution in [0.1, 0.15) is 75.0 Å². The molecule has 0 bridgehead atoms. The fraction of sp³-hybridized carbons (Fsp3) is 0.676. The third-order valence-electron chi connectivity index (χ3n) is 11.1. The molecule has 0 radical (unpaired) electrons. The Balaban J connectivity index is 1.13. The van der Waals surface area contributed by atoms with Crippen molar-refractivity contribution in [2.45, 2.75) is 102 Å². The van der Waals surface area contributed by atoms with Crippen molar-refractivity contribution in [3.05, 3.63) is 65.2 Å². The summed E-state index contributed by atoms with van der Waals surface area (Å²) in [5.41, 5.74) is 4.00. The average Bonchev–Trinajstić information content (AvgIpc) is 3.63. The lowest BCUT2D eigenvalue weighted by Crippen LogP contribution is -2.56. The van der Waals surface area contributed by atoms with E-state index < -0.39 is 14.1 Å². The molecular formula is C37H54O6Si. The van der Waals surface area contributed by atoms with Crippen LogP contribution in [0.2, 0.25) is 19.1 Å². The molecule has 0 N–H and O–H groups in total. The predicted molar refractivity (Wildman–Crippen MR) is 176 cm³/mol. The minimum atomic E-state index is -1.58. The molecule has 4 aliphatic rings. The van der Waals surface area contributed by atoms with Gasteiger partial charge in [-0.25, -0.2) is 0 Å². The lowest BCUT2D eigenvalue weighted by molar-refractivity contribution is -0.250. The lowest BCUT2D eigenvalue weighted by Gasteiger charge is -2.55. The van der Waals surface area contributed by atoms with Crippen molar-refractivity contribution in [1.29, 1.82) is 0 Å². The number of unbranched alkanes of at least 4 members (excludes halogenated alkanes) is 1. The predicted octanol–water partition coefficient (Wildman–Crippen LogP) is 7.90. The highest BCUT2D eigenvalue weighted by atomic mass is 28.4. The van der Waals surface area contributed by atoms with E-state index in [0.717, 1.165) is 25.0 Å². The second-order valence-corrected chi connectivity index (χ2v) is 18.6. The van der Waals surface area contributed by atoms with Gasteiger partial charge in [0, 0.05) is 17.8 Å². The summed E-state index contributed by atoms with van der Waals surface area (Å²) in [5, 5.41) is 0. The Morgan fingerprint density at radius 2 is 1.75 bits per heavy atom. The molecule has 6 nitrogen and oxygen atoms in total. The molecule has 1 spiro atoms. The fourth-order valence-electron chi connectivity index (χ4n) is 8.89. The van der Waals surface area contributed by atoms with Crippen LogP contribution in [0.5, 0.6) is 5.75 Å². The molecule has 2 aromatic carbocycles. The van der Waals surface area contributed by atoms with Gasteiger partial charge >= 0.3 is 0 Å². The molecule has 1 aliphatic heterocycles. The van der Waals surface area contributed by atoms with Crippen molar-refractivity contribution < 1.29 is 28.1 Å². The van der Waals surface area contributed by atoms with Crippen LogP contribution in [0, 0.1) is 17.3 Å². The van der Waals surface area contributed by atoms with Crippen LogP contribution in [0.15, 0.2) is 48.5 Å². The van der Waals surface area contributed by atoms with Gasteiger partial charge in [-0.3, -0.25) is 0 Å². The molecule has 44 heavy (non-hydrogen) atoms. The first kappa shape index (κ1) is 32.2. The number of benzene rings is 2. The van der Waals surface area contributed by atoms with E-state index >= 15 is 0 Å². The second-order valence-electron chi connectivity index (χ2n) is 14.3. The van der Waals surface area contributed by atoms with Gasteiger partial charge in [-0.1, -0.05) is 63.1 Å². The van der Waals surface area contributed by atoms with Crippen LogP contribution in [0.3, 0.4) is 0 Å². The summed E-state index contributed by atoms with van der Waals surface area (Å²) in [4.78, 5) is 0. The van der Waals surface area contributed by atoms with Gasteiger partial charge in [-0.2, -0.15) is 0 Å². The summed E-state index contributed by atoms with van der Waals surface area (Å²) in [6.07, 6.45) is 7.92. The van der Waals surface area contributed by atoms with E-state index in [1.807, 2.05) is 6.07 Å². The van der Waals surface area contributed by atoms with Crippen molar-refractivity contribution in [1.82, 2.24) is 0 Å². The molecule has 3 fully saturated rings. The topological polar surface area (TPSA) is 55.4 Å². The van der Waals surface area contributed by atoms with Gasteiger partial charge < -0.3 is 28.1 Å². The van der Waals surface area contributed by atoms with Crippen molar-refractivity contribution in [3.8, 4) is 5.75 Å². The van der Waals surface area contributed by atoms with E-state index in [-0.39, 0.29) is 11.5 Å². The molecule has 1 saturated heterocycles. The van der Waals surface area contributed by atoms with Crippen LogP contribution in [0.4, 0.5) is 0 Å². The monoisotopic (exact) mass is 622 g/mol. The highest BCUT2D eigenvalue weighted by Crippen LogP contribution is 2.66. The van der Waals surface area contributed by atoms with E-state index in [0.29, 0.717) is 64.0 Å². The van der Waals surface area contributed by atoms with Crippen LogP contribution in [0.25, 0.3) is 0 Å². The van der Waals surface area contributed by atoms with E-state index in [4.69, 9.17) is 28.1 Å². The molecule has 2 saturated carbocycles. The highest BCUT2D eigenvalue weighted by Gasteiger charge is 2.67. The minimum Gasteiger partial charge on any atom is -0.489 e. The minimum absolute atomic E-state index is 0.0467. The molecule has 242 valence electrons. The number of rotatable bonds is 14. The van der Waals surface area contributed by atoms with E-state index in [9.17, 15) is 0 Å². The summed E-state index contributed by atoms with van der Waals surface area (Å²) >= 11 is 0. The Hall–Kier alpha value is -1.74. The van der Waals surface area contributed by atoms with Crippen LogP contribution < -0.4 is 4.74 Å². The first-order valence-corrected chi connectivity index (χ1v) is 20.4. The molecule has 1 heterocycles. The molecule has 3 aliphatic carbocycles. The van der Waals surface area contributed by atoms with E-state index in [2.05, 4.69) is 69.4 Å². The van der Waals surface area contributed by atoms with E-state index in [1.165, 1.54) is 48.4 Å². The van der Waals surface area contributed by atoms with Crippen LogP contribution in [-0.4, -0.2) is 59.8 Å². The second kappa shape index (κ2) is 13.9. The van der Waals surface area contributed by atoms with E-state index in [1.54, 1.807) is 0 Å². The molecule has 6 rings (SSSR count). The number of hydrogen-bond donors (Lipinski definition) is 0. The zero-order valence-corrected chi connectivity index (χ0v) is 28.5. The first-order valence-electron chi connectivity index (χ1n) is 17.2. The van der Waals surface area contributed by atoms with Gasteiger partial charge in [0.25, 0.3) is 0 Å². The third kappa shape index (κ3) is 6.70. The molecule has 0 unspecified atom stereocenters. The summed E-state index contributed by atoms with van der Waals surface area (Å²) < 4.78 is 38.2. The lowest BCUT2D eigenvalue weighted by atomic mass is 9.53. The zero-order valence-electron chi connectivity index (χ0n) is 27.5.